The number of carbonyl (C=O) groups is 1. The summed E-state index contributed by atoms with van der Waals surface area (Å²) in [5, 5.41) is 11.6. The number of hydrogen-bond acceptors (Lipinski definition) is 2. The number of rotatable bonds is 3. The minimum Gasteiger partial charge on any atom is -0.511 e. The fourth-order valence-corrected chi connectivity index (χ4v) is 4.50. The Labute approximate surface area is 165 Å². The molecule has 1 N–H and O–H groups in total. The molecule has 0 amide bonds. The zero-order valence-electron chi connectivity index (χ0n) is 15.6. The van der Waals surface area contributed by atoms with Crippen molar-refractivity contribution in [2.45, 2.75) is 33.1 Å². The van der Waals surface area contributed by atoms with Crippen molar-refractivity contribution in [1.29, 1.82) is 0 Å². The number of aliphatic hydroxyl groups excluding tert-OH is 1. The molecule has 3 heteroatoms. The predicted octanol–water partition coefficient (Wildman–Crippen LogP) is 6.31. The largest absolute Gasteiger partial charge is 0.511 e. The van der Waals surface area contributed by atoms with Crippen LogP contribution in [0.4, 0.5) is 0 Å². The van der Waals surface area contributed by atoms with E-state index in [4.69, 9.17) is 11.6 Å². The van der Waals surface area contributed by atoms with E-state index in [2.05, 4.69) is 25.1 Å². The van der Waals surface area contributed by atoms with Crippen molar-refractivity contribution in [2.75, 3.05) is 0 Å². The van der Waals surface area contributed by atoms with E-state index >= 15 is 0 Å². The highest BCUT2D eigenvalue weighted by Gasteiger charge is 2.35. The molecule has 2 aromatic carbocycles. The summed E-state index contributed by atoms with van der Waals surface area (Å²) in [7, 11) is 0. The lowest BCUT2D eigenvalue weighted by molar-refractivity contribution is -0.116. The Kier molecular flexibility index (Phi) is 4.69. The molecule has 0 saturated heterocycles. The highest BCUT2D eigenvalue weighted by Crippen LogP contribution is 2.41. The van der Waals surface area contributed by atoms with Gasteiger partial charge in [0.15, 0.2) is 5.78 Å². The van der Waals surface area contributed by atoms with Crippen LogP contribution < -0.4 is 0 Å². The van der Waals surface area contributed by atoms with Crippen molar-refractivity contribution in [2.24, 2.45) is 11.8 Å². The number of Topliss-reactive ketones (excluding diaryl/α,β-unsaturated/α-hetero) is 1. The van der Waals surface area contributed by atoms with E-state index in [1.165, 1.54) is 0 Å². The molecule has 27 heavy (non-hydrogen) atoms. The van der Waals surface area contributed by atoms with Crippen LogP contribution in [0, 0.1) is 18.8 Å². The second-order valence-electron chi connectivity index (χ2n) is 7.48. The summed E-state index contributed by atoms with van der Waals surface area (Å²) in [6.45, 7) is 4.12. The zero-order valence-corrected chi connectivity index (χ0v) is 16.4. The summed E-state index contributed by atoms with van der Waals surface area (Å²) in [5.74, 6) is 0.110. The summed E-state index contributed by atoms with van der Waals surface area (Å²) in [4.78, 5) is 13.2. The Bertz CT molecular complexity index is 984. The molecule has 2 bridgehead atoms. The third-order valence-electron chi connectivity index (χ3n) is 5.81. The molecule has 0 fully saturated rings. The van der Waals surface area contributed by atoms with E-state index in [0.29, 0.717) is 10.6 Å². The number of hydrogen-bond donors (Lipinski definition) is 1. The molecular weight excluding hydrogens is 356 g/mol. The first-order valence-electron chi connectivity index (χ1n) is 9.55. The predicted molar refractivity (Wildman–Crippen MR) is 111 cm³/mol. The van der Waals surface area contributed by atoms with Crippen molar-refractivity contribution in [3.05, 3.63) is 76.0 Å². The van der Waals surface area contributed by atoms with Gasteiger partial charge in [0, 0.05) is 16.9 Å². The third-order valence-corrected chi connectivity index (χ3v) is 6.05. The molecule has 0 spiro atoms. The Morgan fingerprint density at radius 3 is 2.44 bits per heavy atom. The van der Waals surface area contributed by atoms with Gasteiger partial charge in [-0.1, -0.05) is 48.9 Å². The van der Waals surface area contributed by atoms with Gasteiger partial charge in [0.25, 0.3) is 0 Å². The van der Waals surface area contributed by atoms with Crippen LogP contribution in [0.2, 0.25) is 5.02 Å². The highest BCUT2D eigenvalue weighted by molar-refractivity contribution is 6.30. The van der Waals surface area contributed by atoms with Crippen LogP contribution in [0.1, 0.15) is 36.5 Å². The second kappa shape index (κ2) is 7.01. The Balaban J connectivity index is 1.90. The lowest BCUT2D eigenvalue weighted by Crippen LogP contribution is -2.14. The van der Waals surface area contributed by atoms with Crippen molar-refractivity contribution in [1.82, 2.24) is 0 Å². The summed E-state index contributed by atoms with van der Waals surface area (Å²) < 4.78 is 0. The molecule has 0 aliphatic heterocycles. The molecule has 138 valence electrons. The van der Waals surface area contributed by atoms with Gasteiger partial charge in [-0.3, -0.25) is 4.79 Å². The summed E-state index contributed by atoms with van der Waals surface area (Å²) in [6.07, 6.45) is 6.42. The van der Waals surface area contributed by atoms with Crippen molar-refractivity contribution >= 4 is 23.0 Å². The number of benzene rings is 2. The van der Waals surface area contributed by atoms with Crippen LogP contribution in [0.5, 0.6) is 0 Å². The number of aliphatic hydroxyl groups is 1. The molecule has 5 rings (SSSR count). The molecule has 0 unspecified atom stereocenters. The van der Waals surface area contributed by atoms with Gasteiger partial charge >= 0.3 is 0 Å². The Morgan fingerprint density at radius 1 is 1.04 bits per heavy atom. The van der Waals surface area contributed by atoms with Crippen LogP contribution in [-0.2, 0) is 11.2 Å². The molecule has 0 heterocycles. The van der Waals surface area contributed by atoms with Crippen LogP contribution in [0.15, 0.2) is 54.3 Å². The molecule has 3 aliphatic carbocycles. The number of halogens is 1. The number of allylic oxidation sites excluding steroid dienone is 3. The fraction of sp³-hybridized carbons (Fsp3) is 0.292. The van der Waals surface area contributed by atoms with Crippen molar-refractivity contribution < 1.29 is 9.90 Å². The van der Waals surface area contributed by atoms with Crippen molar-refractivity contribution in [3.8, 4) is 11.1 Å². The quantitative estimate of drug-likeness (QED) is 0.635. The monoisotopic (exact) mass is 378 g/mol. The zero-order chi connectivity index (χ0) is 19.1. The summed E-state index contributed by atoms with van der Waals surface area (Å²) >= 11 is 6.11. The van der Waals surface area contributed by atoms with Crippen LogP contribution in [-0.4, -0.2) is 10.9 Å². The number of fused-ring (bicyclic) bond motifs is 2. The number of ketones is 1. The summed E-state index contributed by atoms with van der Waals surface area (Å²) in [5.41, 5.74) is 5.68. The SMILES string of the molecule is CCc1ccc(-c2ccc(Cl)cc2C)cc1C1=C(O)[C@@H]2C=C[C@@H](CC2)C1=O. The molecular formula is C24H23ClO2. The maximum absolute atomic E-state index is 13.2. The van der Waals surface area contributed by atoms with Gasteiger partial charge in [-0.25, -0.2) is 0 Å². The van der Waals surface area contributed by atoms with Gasteiger partial charge < -0.3 is 5.11 Å². The second-order valence-corrected chi connectivity index (χ2v) is 7.92. The van der Waals surface area contributed by atoms with Gasteiger partial charge in [-0.15, -0.1) is 0 Å². The van der Waals surface area contributed by atoms with E-state index in [9.17, 15) is 9.90 Å². The van der Waals surface area contributed by atoms with Gasteiger partial charge in [-0.05, 0) is 72.2 Å². The van der Waals surface area contributed by atoms with E-state index in [0.717, 1.165) is 47.1 Å². The molecule has 0 aromatic heterocycles. The minimum atomic E-state index is -0.119. The lowest BCUT2D eigenvalue weighted by Gasteiger charge is -2.16. The maximum Gasteiger partial charge on any atom is 0.173 e. The van der Waals surface area contributed by atoms with Gasteiger partial charge in [0.1, 0.15) is 5.76 Å². The lowest BCUT2D eigenvalue weighted by atomic mass is 9.86. The Morgan fingerprint density at radius 2 is 1.78 bits per heavy atom. The fourth-order valence-electron chi connectivity index (χ4n) is 4.27. The minimum absolute atomic E-state index is 0.0448. The average molecular weight is 379 g/mol. The Hall–Kier alpha value is -2.32. The first-order valence-corrected chi connectivity index (χ1v) is 9.93. The molecule has 0 saturated carbocycles. The maximum atomic E-state index is 13.2. The summed E-state index contributed by atoms with van der Waals surface area (Å²) in [6, 6.07) is 12.1. The van der Waals surface area contributed by atoms with Crippen LogP contribution in [0.25, 0.3) is 16.7 Å². The third kappa shape index (κ3) is 3.12. The average Bonchev–Trinajstić information content (AvgIpc) is 2.86. The standard InChI is InChI=1S/C24H23ClO2/c1-3-15-4-9-18(20-11-10-19(25)12-14(20)2)13-21(15)22-23(26)16-5-6-17(8-7-16)24(22)27/h4-6,9-13,16-17,26H,3,7-8H2,1-2H3/t16-,17+/m1/s1. The number of aryl methyl sites for hydroxylation is 2. The topological polar surface area (TPSA) is 37.3 Å². The van der Waals surface area contributed by atoms with Gasteiger partial charge in [-0.2, -0.15) is 0 Å². The molecule has 0 radical (unpaired) electrons. The first kappa shape index (κ1) is 18.1. The molecule has 2 atom stereocenters. The van der Waals surface area contributed by atoms with Gasteiger partial charge in [0.05, 0.1) is 5.57 Å². The van der Waals surface area contributed by atoms with E-state index in [1.807, 2.05) is 37.3 Å². The van der Waals surface area contributed by atoms with E-state index in [1.54, 1.807) is 0 Å². The van der Waals surface area contributed by atoms with Crippen LogP contribution >= 0.6 is 11.6 Å². The molecule has 2 nitrogen and oxygen atoms in total. The van der Waals surface area contributed by atoms with Crippen molar-refractivity contribution in [3.63, 3.8) is 0 Å². The van der Waals surface area contributed by atoms with Gasteiger partial charge in [0.2, 0.25) is 0 Å². The molecule has 2 aromatic rings. The molecule has 3 aliphatic rings. The van der Waals surface area contributed by atoms with Crippen LogP contribution in [0.3, 0.4) is 0 Å². The highest BCUT2D eigenvalue weighted by atomic mass is 35.5. The van der Waals surface area contributed by atoms with E-state index in [-0.39, 0.29) is 23.4 Å². The normalized spacial score (nSPS) is 21.7. The number of carbonyl (C=O) groups excluding carboxylic acids is 1. The smallest absolute Gasteiger partial charge is 0.173 e. The van der Waals surface area contributed by atoms with E-state index < -0.39 is 0 Å². The first-order chi connectivity index (χ1) is 13.0.